The van der Waals surface area contributed by atoms with E-state index in [0.717, 1.165) is 22.4 Å². The van der Waals surface area contributed by atoms with Crippen LogP contribution in [0.4, 0.5) is 0 Å². The standard InChI is InChI=1S/C29H27O4P/c1-23(22-24-18-20-26(31-2)21-19-24)29(25-12-6-3-7-13-25)34(30,32-27-14-8-4-9-15-27)33-28-16-10-5-11-17-28/h3-22,29H,1-2H3/b23-22+. The Morgan fingerprint density at radius 1 is 0.676 bits per heavy atom. The predicted molar refractivity (Wildman–Crippen MR) is 138 cm³/mol. The molecule has 172 valence electrons. The highest BCUT2D eigenvalue weighted by atomic mass is 31.2. The van der Waals surface area contributed by atoms with Crippen molar-refractivity contribution in [1.82, 2.24) is 0 Å². The highest BCUT2D eigenvalue weighted by molar-refractivity contribution is 7.55. The summed E-state index contributed by atoms with van der Waals surface area (Å²) in [6, 6.07) is 35.7. The van der Waals surface area contributed by atoms with Crippen molar-refractivity contribution in [3.8, 4) is 17.2 Å². The summed E-state index contributed by atoms with van der Waals surface area (Å²) in [5.74, 6) is 1.75. The molecule has 4 nitrogen and oxygen atoms in total. The molecule has 1 unspecified atom stereocenters. The maximum atomic E-state index is 14.7. The van der Waals surface area contributed by atoms with Crippen molar-refractivity contribution in [2.45, 2.75) is 12.6 Å². The van der Waals surface area contributed by atoms with Crippen LogP contribution in [0.3, 0.4) is 0 Å². The molecule has 0 bridgehead atoms. The van der Waals surface area contributed by atoms with Crippen molar-refractivity contribution in [1.29, 1.82) is 0 Å². The SMILES string of the molecule is COc1ccc(/C=C(\C)C(c2ccccc2)P(=O)(Oc2ccccc2)Oc2ccccc2)cc1. The second-order valence-electron chi connectivity index (χ2n) is 7.82. The lowest BCUT2D eigenvalue weighted by Crippen LogP contribution is -2.12. The molecule has 0 fully saturated rings. The third kappa shape index (κ3) is 5.78. The smallest absolute Gasteiger partial charge is 0.442 e. The van der Waals surface area contributed by atoms with E-state index in [1.807, 2.05) is 104 Å². The lowest BCUT2D eigenvalue weighted by atomic mass is 10.0. The number of allylic oxidation sites excluding steroid dienone is 1. The van der Waals surface area contributed by atoms with Gasteiger partial charge in [0.15, 0.2) is 0 Å². The van der Waals surface area contributed by atoms with Gasteiger partial charge in [0.2, 0.25) is 0 Å². The van der Waals surface area contributed by atoms with Gasteiger partial charge in [0.05, 0.1) is 7.11 Å². The van der Waals surface area contributed by atoms with Crippen molar-refractivity contribution >= 4 is 13.7 Å². The zero-order valence-electron chi connectivity index (χ0n) is 19.2. The Morgan fingerprint density at radius 3 is 1.62 bits per heavy atom. The highest BCUT2D eigenvalue weighted by Crippen LogP contribution is 2.63. The zero-order valence-corrected chi connectivity index (χ0v) is 20.1. The maximum absolute atomic E-state index is 14.7. The summed E-state index contributed by atoms with van der Waals surface area (Å²) < 4.78 is 32.3. The molecule has 0 aromatic heterocycles. The fourth-order valence-electron chi connectivity index (χ4n) is 3.75. The van der Waals surface area contributed by atoms with Gasteiger partial charge in [-0.25, -0.2) is 4.57 Å². The maximum Gasteiger partial charge on any atom is 0.442 e. The van der Waals surface area contributed by atoms with Crippen molar-refractivity contribution in [3.63, 3.8) is 0 Å². The molecule has 0 N–H and O–H groups in total. The molecule has 4 aromatic carbocycles. The third-order valence-electron chi connectivity index (χ3n) is 5.32. The van der Waals surface area contributed by atoms with Crippen LogP contribution in [0, 0.1) is 0 Å². The Labute approximate surface area is 201 Å². The predicted octanol–water partition coefficient (Wildman–Crippen LogP) is 8.19. The molecule has 1 atom stereocenters. The first-order valence-electron chi connectivity index (χ1n) is 11.0. The van der Waals surface area contributed by atoms with Gasteiger partial charge in [-0.05, 0) is 54.4 Å². The van der Waals surface area contributed by atoms with E-state index in [-0.39, 0.29) is 0 Å². The molecule has 0 saturated carbocycles. The quantitative estimate of drug-likeness (QED) is 0.231. The van der Waals surface area contributed by atoms with Gasteiger partial charge in [0, 0.05) is 0 Å². The van der Waals surface area contributed by atoms with Crippen LogP contribution in [-0.4, -0.2) is 7.11 Å². The number of rotatable bonds is 9. The molecule has 0 aliphatic rings. The van der Waals surface area contributed by atoms with E-state index in [1.165, 1.54) is 0 Å². The van der Waals surface area contributed by atoms with Crippen LogP contribution >= 0.6 is 7.60 Å². The van der Waals surface area contributed by atoms with Gasteiger partial charge in [-0.2, -0.15) is 0 Å². The molecule has 5 heteroatoms. The second-order valence-corrected chi connectivity index (χ2v) is 9.78. The summed E-state index contributed by atoms with van der Waals surface area (Å²) in [6.45, 7) is 1.96. The van der Waals surface area contributed by atoms with E-state index in [2.05, 4.69) is 0 Å². The molecule has 4 rings (SSSR count). The van der Waals surface area contributed by atoms with E-state index in [9.17, 15) is 4.57 Å². The van der Waals surface area contributed by atoms with Gasteiger partial charge in [0.25, 0.3) is 0 Å². The van der Waals surface area contributed by atoms with Gasteiger partial charge >= 0.3 is 7.60 Å². The number of methoxy groups -OCH3 is 1. The third-order valence-corrected chi connectivity index (χ3v) is 7.59. The summed E-state index contributed by atoms with van der Waals surface area (Å²) >= 11 is 0. The molecule has 0 radical (unpaired) electrons. The summed E-state index contributed by atoms with van der Waals surface area (Å²) in [5, 5.41) is 0. The Bertz CT molecular complexity index is 1210. The van der Waals surface area contributed by atoms with Gasteiger partial charge in [-0.3, -0.25) is 0 Å². The first-order chi connectivity index (χ1) is 16.6. The van der Waals surface area contributed by atoms with E-state index in [0.29, 0.717) is 11.5 Å². The van der Waals surface area contributed by atoms with E-state index >= 15 is 0 Å². The molecular weight excluding hydrogens is 443 g/mol. The van der Waals surface area contributed by atoms with Crippen LogP contribution in [0.15, 0.2) is 121 Å². The average molecular weight is 471 g/mol. The number of benzene rings is 4. The van der Waals surface area contributed by atoms with Crippen molar-refractivity contribution < 1.29 is 18.3 Å². The second kappa shape index (κ2) is 10.9. The van der Waals surface area contributed by atoms with E-state index in [1.54, 1.807) is 31.4 Å². The molecule has 0 amide bonds. The number of ether oxygens (including phenoxy) is 1. The van der Waals surface area contributed by atoms with Gasteiger partial charge in [0.1, 0.15) is 22.9 Å². The summed E-state index contributed by atoms with van der Waals surface area (Å²) in [7, 11) is -2.16. The van der Waals surface area contributed by atoms with Crippen molar-refractivity contribution in [3.05, 3.63) is 132 Å². The van der Waals surface area contributed by atoms with Crippen LogP contribution in [0.1, 0.15) is 23.7 Å². The van der Waals surface area contributed by atoms with Crippen LogP contribution in [-0.2, 0) is 4.57 Å². The Kier molecular flexibility index (Phi) is 7.51. The zero-order chi connectivity index (χ0) is 23.8. The summed E-state index contributed by atoms with van der Waals surface area (Å²) in [4.78, 5) is 0. The highest BCUT2D eigenvalue weighted by Gasteiger charge is 2.41. The Balaban J connectivity index is 1.82. The number of hydrogen-bond donors (Lipinski definition) is 0. The minimum Gasteiger partial charge on any atom is -0.497 e. The van der Waals surface area contributed by atoms with Crippen LogP contribution in [0.25, 0.3) is 6.08 Å². The van der Waals surface area contributed by atoms with Gasteiger partial charge in [-0.15, -0.1) is 0 Å². The van der Waals surface area contributed by atoms with E-state index < -0.39 is 13.3 Å². The molecular formula is C29H27O4P. The summed E-state index contributed by atoms with van der Waals surface area (Å²) in [6.07, 6.45) is 2.01. The fraction of sp³-hybridized carbons (Fsp3) is 0.103. The summed E-state index contributed by atoms with van der Waals surface area (Å²) in [5.41, 5.74) is 2.04. The minimum absolute atomic E-state index is 0.486. The Hall–Kier alpha value is -3.75. The van der Waals surface area contributed by atoms with Crippen LogP contribution < -0.4 is 13.8 Å². The fourth-order valence-corrected chi connectivity index (χ4v) is 5.94. The first-order valence-corrected chi connectivity index (χ1v) is 12.6. The molecule has 34 heavy (non-hydrogen) atoms. The average Bonchev–Trinajstić information content (AvgIpc) is 2.86. The van der Waals surface area contributed by atoms with Gasteiger partial charge in [-0.1, -0.05) is 90.5 Å². The molecule has 0 saturated heterocycles. The number of hydrogen-bond acceptors (Lipinski definition) is 4. The molecule has 4 aromatic rings. The molecule has 0 aliphatic carbocycles. The molecule has 0 spiro atoms. The lowest BCUT2D eigenvalue weighted by molar-refractivity contribution is 0.377. The van der Waals surface area contributed by atoms with Gasteiger partial charge < -0.3 is 13.8 Å². The largest absolute Gasteiger partial charge is 0.497 e. The Morgan fingerprint density at radius 2 is 1.15 bits per heavy atom. The lowest BCUT2D eigenvalue weighted by Gasteiger charge is -2.28. The van der Waals surface area contributed by atoms with Crippen molar-refractivity contribution in [2.75, 3.05) is 7.11 Å². The topological polar surface area (TPSA) is 44.8 Å². The molecule has 0 aliphatic heterocycles. The molecule has 0 heterocycles. The van der Waals surface area contributed by atoms with Crippen LogP contribution in [0.5, 0.6) is 17.2 Å². The number of para-hydroxylation sites is 2. The van der Waals surface area contributed by atoms with Crippen molar-refractivity contribution in [2.24, 2.45) is 0 Å². The normalized spacial score (nSPS) is 12.6. The minimum atomic E-state index is -3.80. The van der Waals surface area contributed by atoms with Crippen LogP contribution in [0.2, 0.25) is 0 Å². The monoisotopic (exact) mass is 470 g/mol. The van der Waals surface area contributed by atoms with E-state index in [4.69, 9.17) is 13.8 Å². The first kappa shape index (κ1) is 23.4.